The Balaban J connectivity index is 1.78. The van der Waals surface area contributed by atoms with Crippen molar-refractivity contribution in [1.82, 2.24) is 9.29 Å². The second-order valence-electron chi connectivity index (χ2n) is 7.04. The number of nitrogens with zero attached hydrogens (tertiary/aromatic N) is 1. The number of ether oxygens (including phenoxy) is 1. The lowest BCUT2D eigenvalue weighted by atomic mass is 10.0. The van der Waals surface area contributed by atoms with Crippen LogP contribution in [0.25, 0.3) is 21.8 Å². The van der Waals surface area contributed by atoms with Crippen molar-refractivity contribution in [2.45, 2.75) is 32.0 Å². The Morgan fingerprint density at radius 1 is 1.04 bits per heavy atom. The third-order valence-electron chi connectivity index (χ3n) is 5.25. The zero-order valence-electron chi connectivity index (χ0n) is 14.2. The fraction of sp³-hybridized carbons (Fsp3) is 0.368. The molecule has 4 atom stereocenters. The van der Waals surface area contributed by atoms with Gasteiger partial charge in [0.25, 0.3) is 0 Å². The topological polar surface area (TPSA) is 52.5 Å². The predicted molar refractivity (Wildman–Crippen MR) is 98.7 cm³/mol. The Kier molecular flexibility index (Phi) is 3.50. The molecule has 0 spiro atoms. The minimum atomic E-state index is -1.44. The van der Waals surface area contributed by atoms with Gasteiger partial charge in [-0.3, -0.25) is 4.18 Å². The minimum Gasteiger partial charge on any atom is -0.377 e. The fourth-order valence-corrected chi connectivity index (χ4v) is 5.09. The van der Waals surface area contributed by atoms with Crippen LogP contribution in [0, 0.1) is 13.8 Å². The average Bonchev–Trinajstić information content (AvgIpc) is 3.11. The Labute approximate surface area is 148 Å². The lowest BCUT2D eigenvalue weighted by Gasteiger charge is -2.33. The summed E-state index contributed by atoms with van der Waals surface area (Å²) in [6.07, 6.45) is -0.156. The standard InChI is InChI=1S/C19H20N2O3S/c1-11-3-5-16-13(7-11)14-8-12(2)4-6-17(14)21(16)18-10-23-9-15-19(18)24-25(22)20-15/h3-8,15,18-20H,9-10H2,1-2H3/t15-,18-,19-,25?/m0/s1. The van der Waals surface area contributed by atoms with E-state index < -0.39 is 11.3 Å². The Bertz CT molecular complexity index is 953. The van der Waals surface area contributed by atoms with Gasteiger partial charge < -0.3 is 9.30 Å². The molecule has 1 unspecified atom stereocenters. The number of hydrogen-bond acceptors (Lipinski definition) is 3. The quantitative estimate of drug-likeness (QED) is 0.729. The molecule has 2 aliphatic heterocycles. The van der Waals surface area contributed by atoms with Crippen LogP contribution in [0.1, 0.15) is 17.2 Å². The first-order chi connectivity index (χ1) is 12.1. The van der Waals surface area contributed by atoms with Crippen molar-refractivity contribution in [3.63, 3.8) is 0 Å². The second-order valence-corrected chi connectivity index (χ2v) is 7.93. The van der Waals surface area contributed by atoms with Gasteiger partial charge in [-0.25, -0.2) is 8.93 Å². The Hall–Kier alpha value is -1.73. The van der Waals surface area contributed by atoms with Crippen molar-refractivity contribution in [2.24, 2.45) is 0 Å². The van der Waals surface area contributed by atoms with Crippen LogP contribution in [0.4, 0.5) is 0 Å². The van der Waals surface area contributed by atoms with Crippen LogP contribution < -0.4 is 4.72 Å². The summed E-state index contributed by atoms with van der Waals surface area (Å²) in [5.74, 6) is 0. The minimum absolute atomic E-state index is 0.0110. The molecule has 0 saturated carbocycles. The van der Waals surface area contributed by atoms with E-state index in [-0.39, 0.29) is 18.2 Å². The molecule has 0 amide bonds. The van der Waals surface area contributed by atoms with Gasteiger partial charge in [-0.15, -0.1) is 0 Å². The van der Waals surface area contributed by atoms with E-state index in [1.807, 2.05) is 0 Å². The molecule has 0 bridgehead atoms. The van der Waals surface area contributed by atoms with E-state index in [1.165, 1.54) is 32.9 Å². The van der Waals surface area contributed by atoms with E-state index in [1.54, 1.807) is 0 Å². The largest absolute Gasteiger partial charge is 0.377 e. The molecule has 3 heterocycles. The highest BCUT2D eigenvalue weighted by Crippen LogP contribution is 2.37. The number of aromatic nitrogens is 1. The molecule has 0 aliphatic carbocycles. The van der Waals surface area contributed by atoms with Gasteiger partial charge >= 0.3 is 0 Å². The fourth-order valence-electron chi connectivity index (χ4n) is 4.12. The van der Waals surface area contributed by atoms with E-state index in [0.29, 0.717) is 13.2 Å². The summed E-state index contributed by atoms with van der Waals surface area (Å²) < 4.78 is 28.7. The highest BCUT2D eigenvalue weighted by molar-refractivity contribution is 7.78. The summed E-state index contributed by atoms with van der Waals surface area (Å²) in [6, 6.07) is 13.0. The van der Waals surface area contributed by atoms with E-state index in [4.69, 9.17) is 8.92 Å². The normalized spacial score (nSPS) is 29.4. The maximum absolute atomic E-state index is 11.9. The maximum atomic E-state index is 11.9. The molecule has 0 radical (unpaired) electrons. The van der Waals surface area contributed by atoms with Crippen LogP contribution in [0.5, 0.6) is 0 Å². The summed E-state index contributed by atoms with van der Waals surface area (Å²) in [5.41, 5.74) is 4.82. The second kappa shape index (κ2) is 5.64. The summed E-state index contributed by atoms with van der Waals surface area (Å²) >= 11 is -1.44. The van der Waals surface area contributed by atoms with Gasteiger partial charge in [-0.2, -0.15) is 0 Å². The maximum Gasteiger partial charge on any atom is 0.235 e. The van der Waals surface area contributed by atoms with E-state index in [0.717, 1.165) is 0 Å². The Morgan fingerprint density at radius 2 is 1.68 bits per heavy atom. The molecule has 130 valence electrons. The van der Waals surface area contributed by atoms with Crippen molar-refractivity contribution < 1.29 is 13.1 Å². The van der Waals surface area contributed by atoms with Crippen molar-refractivity contribution in [1.29, 1.82) is 0 Å². The third kappa shape index (κ3) is 2.36. The van der Waals surface area contributed by atoms with E-state index >= 15 is 0 Å². The molecule has 1 aromatic heterocycles. The lowest BCUT2D eigenvalue weighted by Crippen LogP contribution is -2.46. The van der Waals surface area contributed by atoms with E-state index in [2.05, 4.69) is 59.5 Å². The van der Waals surface area contributed by atoms with Crippen molar-refractivity contribution >= 4 is 33.1 Å². The molecule has 2 aromatic carbocycles. The van der Waals surface area contributed by atoms with Crippen LogP contribution >= 0.6 is 0 Å². The van der Waals surface area contributed by atoms with Crippen LogP contribution in [-0.2, 0) is 20.2 Å². The zero-order valence-corrected chi connectivity index (χ0v) is 15.0. The molecule has 3 aromatic rings. The number of rotatable bonds is 1. The monoisotopic (exact) mass is 356 g/mol. The van der Waals surface area contributed by atoms with Crippen molar-refractivity contribution in [3.05, 3.63) is 47.5 Å². The molecule has 2 fully saturated rings. The van der Waals surface area contributed by atoms with E-state index in [9.17, 15) is 4.21 Å². The highest BCUT2D eigenvalue weighted by atomic mass is 32.2. The van der Waals surface area contributed by atoms with Gasteiger partial charge in [0.1, 0.15) is 6.10 Å². The van der Waals surface area contributed by atoms with Gasteiger partial charge in [-0.1, -0.05) is 23.3 Å². The smallest absolute Gasteiger partial charge is 0.235 e. The van der Waals surface area contributed by atoms with Crippen molar-refractivity contribution in [2.75, 3.05) is 13.2 Å². The molecular weight excluding hydrogens is 336 g/mol. The highest BCUT2D eigenvalue weighted by Gasteiger charge is 2.44. The molecule has 25 heavy (non-hydrogen) atoms. The third-order valence-corrected chi connectivity index (χ3v) is 6.15. The molecule has 2 saturated heterocycles. The average molecular weight is 356 g/mol. The number of hydrogen-bond donors (Lipinski definition) is 1. The number of nitrogens with one attached hydrogen (secondary N) is 1. The predicted octanol–water partition coefficient (Wildman–Crippen LogP) is 2.92. The molecule has 2 aliphatic rings. The lowest BCUT2D eigenvalue weighted by molar-refractivity contribution is -0.0145. The molecule has 5 nitrogen and oxygen atoms in total. The van der Waals surface area contributed by atoms with Crippen LogP contribution in [-0.4, -0.2) is 34.1 Å². The SMILES string of the molecule is Cc1ccc2c(c1)c1cc(C)ccc1n2[C@H]1COC[C@@H]2NS(=O)O[C@@H]21. The number of aryl methyl sites for hydroxylation is 2. The van der Waals surface area contributed by atoms with Gasteiger partial charge in [-0.05, 0) is 38.1 Å². The molecule has 6 heteroatoms. The van der Waals surface area contributed by atoms with Gasteiger partial charge in [0.15, 0.2) is 0 Å². The number of benzene rings is 2. The first-order valence-corrected chi connectivity index (χ1v) is 9.63. The van der Waals surface area contributed by atoms with Gasteiger partial charge in [0.05, 0.1) is 25.3 Å². The Morgan fingerprint density at radius 3 is 2.32 bits per heavy atom. The van der Waals surface area contributed by atoms with Gasteiger partial charge in [0, 0.05) is 21.8 Å². The summed E-state index contributed by atoms with van der Waals surface area (Å²) in [4.78, 5) is 0. The molecule has 1 N–H and O–H groups in total. The van der Waals surface area contributed by atoms with Crippen LogP contribution in [0.2, 0.25) is 0 Å². The summed E-state index contributed by atoms with van der Waals surface area (Å²) in [5, 5.41) is 2.49. The summed E-state index contributed by atoms with van der Waals surface area (Å²) in [6.45, 7) is 5.32. The molecular formula is C19H20N2O3S. The van der Waals surface area contributed by atoms with Crippen molar-refractivity contribution in [3.8, 4) is 0 Å². The summed E-state index contributed by atoms with van der Waals surface area (Å²) in [7, 11) is 0. The molecule has 5 rings (SSSR count). The van der Waals surface area contributed by atoms with Crippen LogP contribution in [0.3, 0.4) is 0 Å². The first-order valence-electron chi connectivity index (χ1n) is 8.55. The van der Waals surface area contributed by atoms with Crippen LogP contribution in [0.15, 0.2) is 36.4 Å². The number of fused-ring (bicyclic) bond motifs is 4. The zero-order chi connectivity index (χ0) is 17.1. The van der Waals surface area contributed by atoms with Gasteiger partial charge in [0.2, 0.25) is 11.3 Å². The first kappa shape index (κ1) is 15.5.